The molecule has 0 saturated heterocycles. The van der Waals surface area contributed by atoms with Crippen LogP contribution in [0.2, 0.25) is 0 Å². The van der Waals surface area contributed by atoms with Gasteiger partial charge < -0.3 is 4.74 Å². The van der Waals surface area contributed by atoms with Gasteiger partial charge in [0.15, 0.2) is 0 Å². The van der Waals surface area contributed by atoms with Crippen molar-refractivity contribution in [2.45, 2.75) is 52.6 Å². The van der Waals surface area contributed by atoms with Gasteiger partial charge in [-0.1, -0.05) is 36.7 Å². The van der Waals surface area contributed by atoms with Crippen molar-refractivity contribution in [1.29, 1.82) is 0 Å². The normalized spacial score (nSPS) is 13.7. The zero-order valence-corrected chi connectivity index (χ0v) is 21.3. The molecular formula is C23H25BrIN3O2. The van der Waals surface area contributed by atoms with Crippen LogP contribution < -0.4 is 10.3 Å². The third-order valence-corrected chi connectivity index (χ3v) is 6.40. The van der Waals surface area contributed by atoms with Crippen LogP contribution in [0.5, 0.6) is 5.75 Å². The molecule has 0 saturated carbocycles. The summed E-state index contributed by atoms with van der Waals surface area (Å²) in [5, 5.41) is 5.07. The lowest BCUT2D eigenvalue weighted by Crippen LogP contribution is -2.23. The van der Waals surface area contributed by atoms with Crippen LogP contribution in [0.15, 0.2) is 50.8 Å². The molecule has 0 N–H and O–H groups in total. The Morgan fingerprint density at radius 3 is 2.63 bits per heavy atom. The van der Waals surface area contributed by atoms with Crippen LogP contribution in [0.25, 0.3) is 10.9 Å². The maximum atomic E-state index is 13.2. The molecule has 3 rings (SSSR count). The third-order valence-electron chi connectivity index (χ3n) is 5.07. The predicted octanol–water partition coefficient (Wildman–Crippen LogP) is 6.34. The van der Waals surface area contributed by atoms with Gasteiger partial charge in [-0.2, -0.15) is 9.78 Å². The molecule has 1 aromatic heterocycles. The average Bonchev–Trinajstić information content (AvgIpc) is 2.74. The summed E-state index contributed by atoms with van der Waals surface area (Å²) in [6.07, 6.45) is 3.68. The van der Waals surface area contributed by atoms with Gasteiger partial charge in [-0.25, -0.2) is 4.98 Å². The van der Waals surface area contributed by atoms with Crippen LogP contribution in [0.4, 0.5) is 0 Å². The molecule has 0 spiro atoms. The van der Waals surface area contributed by atoms with Crippen molar-refractivity contribution in [3.8, 4) is 5.75 Å². The number of aromatic nitrogens is 2. The quantitative estimate of drug-likeness (QED) is 0.242. The molecule has 0 fully saturated rings. The van der Waals surface area contributed by atoms with Crippen LogP contribution >= 0.6 is 38.5 Å². The van der Waals surface area contributed by atoms with Gasteiger partial charge in [-0.05, 0) is 84.3 Å². The topological polar surface area (TPSA) is 56.5 Å². The van der Waals surface area contributed by atoms with Gasteiger partial charge in [0.2, 0.25) is 0 Å². The minimum absolute atomic E-state index is 0.106. The van der Waals surface area contributed by atoms with E-state index in [1.165, 1.54) is 4.68 Å². The van der Waals surface area contributed by atoms with Gasteiger partial charge in [0.1, 0.15) is 11.6 Å². The number of ether oxygens (including phenoxy) is 1. The fourth-order valence-electron chi connectivity index (χ4n) is 2.90. The summed E-state index contributed by atoms with van der Waals surface area (Å²) in [4.78, 5) is 17.9. The second-order valence-electron chi connectivity index (χ2n) is 7.33. The summed E-state index contributed by atoms with van der Waals surface area (Å²) in [6.45, 7) is 8.29. The predicted molar refractivity (Wildman–Crippen MR) is 135 cm³/mol. The summed E-state index contributed by atoms with van der Waals surface area (Å²) >= 11 is 5.70. The number of fused-ring (bicyclic) bond motifs is 1. The molecule has 0 bridgehead atoms. The molecule has 0 aliphatic heterocycles. The molecular weight excluding hydrogens is 557 g/mol. The first kappa shape index (κ1) is 22.9. The van der Waals surface area contributed by atoms with Crippen LogP contribution in [-0.2, 0) is 0 Å². The second kappa shape index (κ2) is 10.0. The van der Waals surface area contributed by atoms with E-state index in [-0.39, 0.29) is 17.6 Å². The smallest absolute Gasteiger partial charge is 0.282 e. The maximum absolute atomic E-state index is 13.2. The highest BCUT2D eigenvalue weighted by Crippen LogP contribution is 2.24. The van der Waals surface area contributed by atoms with Crippen LogP contribution in [0.3, 0.4) is 0 Å². The molecule has 2 atom stereocenters. The highest BCUT2D eigenvalue weighted by Gasteiger charge is 2.15. The molecule has 0 radical (unpaired) electrons. The van der Waals surface area contributed by atoms with E-state index in [2.05, 4.69) is 71.3 Å². The van der Waals surface area contributed by atoms with E-state index in [1.54, 1.807) is 12.3 Å². The molecule has 0 unspecified atom stereocenters. The van der Waals surface area contributed by atoms with E-state index in [0.717, 1.165) is 32.2 Å². The first-order chi connectivity index (χ1) is 14.3. The summed E-state index contributed by atoms with van der Waals surface area (Å²) in [6, 6.07) is 11.4. The zero-order valence-electron chi connectivity index (χ0n) is 17.5. The lowest BCUT2D eigenvalue weighted by Gasteiger charge is -2.15. The minimum atomic E-state index is -0.167. The number of nitrogens with zero attached hydrogens (tertiary/aromatic N) is 3. The summed E-state index contributed by atoms with van der Waals surface area (Å²) < 4.78 is 9.21. The number of halogens is 2. The molecule has 0 aliphatic rings. The number of benzene rings is 2. The Bertz CT molecular complexity index is 1140. The lowest BCUT2D eigenvalue weighted by molar-refractivity contribution is 0.216. The number of rotatable bonds is 7. The van der Waals surface area contributed by atoms with Gasteiger partial charge in [0.05, 0.1) is 26.8 Å². The fraction of sp³-hybridized carbons (Fsp3) is 0.348. The van der Waals surface area contributed by atoms with Gasteiger partial charge in [0, 0.05) is 10.4 Å². The van der Waals surface area contributed by atoms with Crippen LogP contribution in [0, 0.1) is 3.57 Å². The molecule has 2 aromatic carbocycles. The van der Waals surface area contributed by atoms with E-state index in [4.69, 9.17) is 9.72 Å². The minimum Gasteiger partial charge on any atom is -0.490 e. The highest BCUT2D eigenvalue weighted by atomic mass is 127. The third kappa shape index (κ3) is 5.11. The summed E-state index contributed by atoms with van der Waals surface area (Å²) in [5.41, 5.74) is 1.41. The average molecular weight is 582 g/mol. The van der Waals surface area contributed by atoms with Crippen molar-refractivity contribution in [3.05, 3.63) is 66.2 Å². The van der Waals surface area contributed by atoms with Crippen molar-refractivity contribution in [3.63, 3.8) is 0 Å². The van der Waals surface area contributed by atoms with E-state index in [9.17, 15) is 4.79 Å². The SMILES string of the molecule is CC[C@@H](C)Oc1ccc(C=Nn2c([C@@H](C)CC)nc3ccc(Br)cc3c2=O)cc1I. The van der Waals surface area contributed by atoms with Gasteiger partial charge >= 0.3 is 0 Å². The Morgan fingerprint density at radius 1 is 1.20 bits per heavy atom. The zero-order chi connectivity index (χ0) is 21.8. The van der Waals surface area contributed by atoms with Crippen molar-refractivity contribution >= 4 is 55.6 Å². The van der Waals surface area contributed by atoms with E-state index in [1.807, 2.05) is 30.3 Å². The fourth-order valence-corrected chi connectivity index (χ4v) is 3.92. The first-order valence-electron chi connectivity index (χ1n) is 10.1. The molecule has 5 nitrogen and oxygen atoms in total. The lowest BCUT2D eigenvalue weighted by atomic mass is 10.1. The Balaban J connectivity index is 2.04. The summed E-state index contributed by atoms with van der Waals surface area (Å²) in [5.74, 6) is 1.63. The highest BCUT2D eigenvalue weighted by molar-refractivity contribution is 14.1. The van der Waals surface area contributed by atoms with Gasteiger partial charge in [-0.15, -0.1) is 0 Å². The van der Waals surface area contributed by atoms with Crippen LogP contribution in [0.1, 0.15) is 57.8 Å². The number of hydrogen-bond donors (Lipinski definition) is 0. The van der Waals surface area contributed by atoms with Crippen molar-refractivity contribution in [1.82, 2.24) is 9.66 Å². The van der Waals surface area contributed by atoms with Crippen molar-refractivity contribution in [2.75, 3.05) is 0 Å². The second-order valence-corrected chi connectivity index (χ2v) is 9.41. The van der Waals surface area contributed by atoms with Crippen molar-refractivity contribution < 1.29 is 4.74 Å². The monoisotopic (exact) mass is 581 g/mol. The van der Waals surface area contributed by atoms with E-state index < -0.39 is 0 Å². The van der Waals surface area contributed by atoms with Gasteiger partial charge in [0.25, 0.3) is 5.56 Å². The Labute approximate surface area is 198 Å². The first-order valence-corrected chi connectivity index (χ1v) is 11.9. The Hall–Kier alpha value is -1.74. The maximum Gasteiger partial charge on any atom is 0.282 e. The standard InChI is InChI=1S/C23H25BrIN3O2/c1-5-14(3)22-27-20-9-8-17(24)12-18(20)23(29)28(22)26-13-16-7-10-21(19(25)11-16)30-15(4)6-2/h7-15H,5-6H2,1-4H3/t14-,15+/m0/s1. The molecule has 158 valence electrons. The molecule has 7 heteroatoms. The molecule has 1 heterocycles. The molecule has 3 aromatic rings. The Morgan fingerprint density at radius 2 is 1.97 bits per heavy atom. The van der Waals surface area contributed by atoms with E-state index in [0.29, 0.717) is 16.7 Å². The van der Waals surface area contributed by atoms with Gasteiger partial charge in [-0.3, -0.25) is 4.79 Å². The summed E-state index contributed by atoms with van der Waals surface area (Å²) in [7, 11) is 0. The molecule has 30 heavy (non-hydrogen) atoms. The Kier molecular flexibility index (Phi) is 7.68. The van der Waals surface area contributed by atoms with Crippen molar-refractivity contribution in [2.24, 2.45) is 5.10 Å². The van der Waals surface area contributed by atoms with E-state index >= 15 is 0 Å². The molecule has 0 amide bonds. The number of hydrogen-bond acceptors (Lipinski definition) is 4. The van der Waals surface area contributed by atoms with Crippen LogP contribution in [-0.4, -0.2) is 22.0 Å². The largest absolute Gasteiger partial charge is 0.490 e. The molecule has 0 aliphatic carbocycles.